The van der Waals surface area contributed by atoms with Crippen molar-refractivity contribution in [3.8, 4) is 0 Å². The van der Waals surface area contributed by atoms with Gasteiger partial charge in [-0.3, -0.25) is 4.79 Å². The summed E-state index contributed by atoms with van der Waals surface area (Å²) in [6.45, 7) is 3.98. The van der Waals surface area contributed by atoms with Crippen LogP contribution in [-0.4, -0.2) is 15.6 Å². The normalized spacial score (nSPS) is 12.5. The number of rotatable bonds is 6. The monoisotopic (exact) mass is 392 g/mol. The summed E-state index contributed by atoms with van der Waals surface area (Å²) in [4.78, 5) is 13.7. The van der Waals surface area contributed by atoms with Crippen molar-refractivity contribution in [1.82, 2.24) is 9.78 Å². The van der Waals surface area contributed by atoms with Gasteiger partial charge in [0.2, 0.25) is 0 Å². The van der Waals surface area contributed by atoms with Crippen molar-refractivity contribution in [3.05, 3.63) is 131 Å². The molecule has 1 atom stereocenters. The van der Waals surface area contributed by atoms with Crippen molar-refractivity contribution in [2.45, 2.75) is 19.9 Å². The number of benzene rings is 3. The van der Waals surface area contributed by atoms with Crippen LogP contribution in [-0.2, 0) is 0 Å². The highest BCUT2D eigenvalue weighted by molar-refractivity contribution is 6.01. The van der Waals surface area contributed by atoms with Crippen LogP contribution in [0.25, 0.3) is 5.57 Å². The van der Waals surface area contributed by atoms with E-state index in [0.29, 0.717) is 5.56 Å². The standard InChI is InChI=1S/C27H24N2O/c1-3-24(21-13-7-4-8-14-21)25-19-20(2)28-29(25)26(22-15-9-5-10-16-22)27(30)23-17-11-6-12-18-23/h3-19,26H,1-2H3/b24-3+. The fourth-order valence-electron chi connectivity index (χ4n) is 3.79. The van der Waals surface area contributed by atoms with Crippen molar-refractivity contribution < 1.29 is 4.79 Å². The molecule has 0 aliphatic carbocycles. The van der Waals surface area contributed by atoms with Gasteiger partial charge in [-0.15, -0.1) is 0 Å². The molecule has 0 saturated carbocycles. The van der Waals surface area contributed by atoms with Crippen LogP contribution in [0.4, 0.5) is 0 Å². The summed E-state index contributed by atoms with van der Waals surface area (Å²) in [6, 6.07) is 31.0. The lowest BCUT2D eigenvalue weighted by Gasteiger charge is -2.21. The summed E-state index contributed by atoms with van der Waals surface area (Å²) in [5, 5.41) is 4.78. The SMILES string of the molecule is C/C=C(\c1ccccc1)c1cc(C)nn1C(C(=O)c1ccccc1)c1ccccc1. The molecule has 30 heavy (non-hydrogen) atoms. The predicted octanol–water partition coefficient (Wildman–Crippen LogP) is 6.12. The van der Waals surface area contributed by atoms with E-state index in [1.165, 1.54) is 0 Å². The summed E-state index contributed by atoms with van der Waals surface area (Å²) < 4.78 is 1.88. The number of hydrogen-bond donors (Lipinski definition) is 0. The maximum absolute atomic E-state index is 13.7. The molecule has 3 aromatic carbocycles. The second-order valence-corrected chi connectivity index (χ2v) is 7.23. The first kappa shape index (κ1) is 19.6. The number of carbonyl (C=O) groups excluding carboxylic acids is 1. The Morgan fingerprint density at radius 1 is 0.833 bits per heavy atom. The zero-order chi connectivity index (χ0) is 20.9. The van der Waals surface area contributed by atoms with Gasteiger partial charge in [0.1, 0.15) is 6.04 Å². The minimum absolute atomic E-state index is 0.0228. The fraction of sp³-hybridized carbons (Fsp3) is 0.111. The fourth-order valence-corrected chi connectivity index (χ4v) is 3.79. The molecule has 0 aliphatic rings. The number of aromatic nitrogens is 2. The lowest BCUT2D eigenvalue weighted by atomic mass is 9.96. The van der Waals surface area contributed by atoms with Crippen molar-refractivity contribution >= 4 is 11.4 Å². The van der Waals surface area contributed by atoms with Crippen LogP contribution in [0.3, 0.4) is 0 Å². The Kier molecular flexibility index (Phi) is 5.71. The molecule has 0 aliphatic heterocycles. The number of hydrogen-bond acceptors (Lipinski definition) is 2. The Morgan fingerprint density at radius 2 is 1.37 bits per heavy atom. The van der Waals surface area contributed by atoms with E-state index in [2.05, 4.69) is 24.3 Å². The van der Waals surface area contributed by atoms with Crippen LogP contribution in [0.5, 0.6) is 0 Å². The number of allylic oxidation sites excluding steroid dienone is 1. The smallest absolute Gasteiger partial charge is 0.191 e. The van der Waals surface area contributed by atoms with Crippen LogP contribution in [0.1, 0.15) is 45.8 Å². The zero-order valence-corrected chi connectivity index (χ0v) is 17.2. The number of nitrogens with zero attached hydrogens (tertiary/aromatic N) is 2. The first-order chi connectivity index (χ1) is 14.7. The van der Waals surface area contributed by atoms with E-state index in [-0.39, 0.29) is 5.78 Å². The number of ketones is 1. The quantitative estimate of drug-likeness (QED) is 0.371. The molecule has 0 saturated heterocycles. The van der Waals surface area contributed by atoms with E-state index >= 15 is 0 Å². The Hall–Kier alpha value is -3.72. The Bertz CT molecular complexity index is 1160. The summed E-state index contributed by atoms with van der Waals surface area (Å²) in [6.07, 6.45) is 2.08. The average molecular weight is 393 g/mol. The summed E-state index contributed by atoms with van der Waals surface area (Å²) in [7, 11) is 0. The molecule has 0 fully saturated rings. The van der Waals surface area contributed by atoms with E-state index in [0.717, 1.165) is 28.1 Å². The van der Waals surface area contributed by atoms with Gasteiger partial charge in [0.25, 0.3) is 0 Å². The molecule has 148 valence electrons. The van der Waals surface area contributed by atoms with E-state index in [1.807, 2.05) is 97.4 Å². The highest BCUT2D eigenvalue weighted by Crippen LogP contribution is 2.30. The number of carbonyl (C=O) groups is 1. The van der Waals surface area contributed by atoms with E-state index < -0.39 is 6.04 Å². The third-order valence-corrected chi connectivity index (χ3v) is 5.17. The molecular formula is C27H24N2O. The molecule has 0 radical (unpaired) electrons. The lowest BCUT2D eigenvalue weighted by Crippen LogP contribution is -2.24. The molecule has 1 aromatic heterocycles. The van der Waals surface area contributed by atoms with Gasteiger partial charge in [0.05, 0.1) is 11.4 Å². The van der Waals surface area contributed by atoms with Gasteiger partial charge < -0.3 is 0 Å². The Labute approximate surface area is 177 Å². The maximum Gasteiger partial charge on any atom is 0.191 e. The van der Waals surface area contributed by atoms with Crippen LogP contribution in [0.2, 0.25) is 0 Å². The van der Waals surface area contributed by atoms with E-state index in [9.17, 15) is 4.79 Å². The van der Waals surface area contributed by atoms with Gasteiger partial charge in [0.15, 0.2) is 5.78 Å². The molecule has 1 unspecified atom stereocenters. The first-order valence-electron chi connectivity index (χ1n) is 10.1. The largest absolute Gasteiger partial charge is 0.291 e. The molecule has 0 N–H and O–H groups in total. The van der Waals surface area contributed by atoms with Crippen LogP contribution in [0.15, 0.2) is 103 Å². The van der Waals surface area contributed by atoms with Crippen LogP contribution < -0.4 is 0 Å². The Balaban J connectivity index is 1.90. The molecule has 3 nitrogen and oxygen atoms in total. The van der Waals surface area contributed by atoms with Crippen molar-refractivity contribution in [2.75, 3.05) is 0 Å². The summed E-state index contributed by atoms with van der Waals surface area (Å²) in [5.74, 6) is 0.0228. The molecule has 0 amide bonds. The second kappa shape index (κ2) is 8.75. The molecule has 4 rings (SSSR count). The highest BCUT2D eigenvalue weighted by Gasteiger charge is 2.28. The van der Waals surface area contributed by atoms with Gasteiger partial charge in [-0.1, -0.05) is 97.1 Å². The van der Waals surface area contributed by atoms with Crippen LogP contribution >= 0.6 is 0 Å². The van der Waals surface area contributed by atoms with Gasteiger partial charge in [-0.05, 0) is 31.0 Å². The minimum Gasteiger partial charge on any atom is -0.291 e. The third kappa shape index (κ3) is 3.87. The third-order valence-electron chi connectivity index (χ3n) is 5.17. The molecule has 4 aromatic rings. The van der Waals surface area contributed by atoms with Gasteiger partial charge in [0, 0.05) is 11.1 Å². The maximum atomic E-state index is 13.7. The second-order valence-electron chi connectivity index (χ2n) is 7.23. The van der Waals surface area contributed by atoms with Crippen molar-refractivity contribution in [2.24, 2.45) is 0 Å². The lowest BCUT2D eigenvalue weighted by molar-refractivity contribution is 0.0939. The highest BCUT2D eigenvalue weighted by atomic mass is 16.1. The molecule has 0 bridgehead atoms. The van der Waals surface area contributed by atoms with Crippen molar-refractivity contribution in [1.29, 1.82) is 0 Å². The van der Waals surface area contributed by atoms with Gasteiger partial charge >= 0.3 is 0 Å². The van der Waals surface area contributed by atoms with Gasteiger partial charge in [-0.2, -0.15) is 5.10 Å². The topological polar surface area (TPSA) is 34.9 Å². The van der Waals surface area contributed by atoms with E-state index in [4.69, 9.17) is 5.10 Å². The molecule has 0 spiro atoms. The number of Topliss-reactive ketones (excluding diaryl/α,β-unsaturated/α-hetero) is 1. The molecule has 1 heterocycles. The average Bonchev–Trinajstić information content (AvgIpc) is 3.17. The minimum atomic E-state index is -0.545. The zero-order valence-electron chi connectivity index (χ0n) is 17.2. The van der Waals surface area contributed by atoms with E-state index in [1.54, 1.807) is 0 Å². The molecular weight excluding hydrogens is 368 g/mol. The summed E-state index contributed by atoms with van der Waals surface area (Å²) >= 11 is 0. The number of aryl methyl sites for hydroxylation is 1. The van der Waals surface area contributed by atoms with Crippen molar-refractivity contribution in [3.63, 3.8) is 0 Å². The Morgan fingerprint density at radius 3 is 1.93 bits per heavy atom. The predicted molar refractivity (Wildman–Crippen MR) is 122 cm³/mol. The first-order valence-corrected chi connectivity index (χ1v) is 10.1. The molecule has 3 heteroatoms. The van der Waals surface area contributed by atoms with Crippen LogP contribution in [0, 0.1) is 6.92 Å². The van der Waals surface area contributed by atoms with Gasteiger partial charge in [-0.25, -0.2) is 4.68 Å². The summed E-state index contributed by atoms with van der Waals surface area (Å²) in [5.41, 5.74) is 5.55.